The number of imidazole rings is 1. The van der Waals surface area contributed by atoms with Crippen LogP contribution < -0.4 is 21.3 Å². The highest BCUT2D eigenvalue weighted by Gasteiger charge is 2.21. The molecule has 0 saturated carbocycles. The standard InChI is InChI=1S/C19H23N7O6/c1-4-26-13(7-10(2)23-26)17(28)22-18-21-12-8-11(16(20)27)9-14(31-3)15(12)25(18)5-6-32-24-19(29)30/h7-9,24H,4-6H2,1-3H3,(H2,20,27)(H,29,30)(H,21,22,28). The van der Waals surface area contributed by atoms with Crippen molar-refractivity contribution >= 4 is 34.9 Å². The quantitative estimate of drug-likeness (QED) is 0.280. The fraction of sp³-hybridized carbons (Fsp3) is 0.316. The van der Waals surface area contributed by atoms with E-state index in [0.29, 0.717) is 34.7 Å². The highest BCUT2D eigenvalue weighted by Crippen LogP contribution is 2.30. The fourth-order valence-corrected chi connectivity index (χ4v) is 3.23. The lowest BCUT2D eigenvalue weighted by Gasteiger charge is -2.12. The van der Waals surface area contributed by atoms with E-state index in [9.17, 15) is 14.4 Å². The van der Waals surface area contributed by atoms with Crippen LogP contribution in [-0.2, 0) is 17.9 Å². The van der Waals surface area contributed by atoms with Crippen LogP contribution in [0.4, 0.5) is 10.7 Å². The molecule has 13 nitrogen and oxygen atoms in total. The van der Waals surface area contributed by atoms with Crippen molar-refractivity contribution in [1.82, 2.24) is 24.8 Å². The molecule has 3 aromatic rings. The maximum Gasteiger partial charge on any atom is 0.428 e. The Morgan fingerprint density at radius 3 is 2.62 bits per heavy atom. The molecule has 170 valence electrons. The predicted molar refractivity (Wildman–Crippen MR) is 113 cm³/mol. The summed E-state index contributed by atoms with van der Waals surface area (Å²) in [6.07, 6.45) is -1.35. The minimum absolute atomic E-state index is 0.0760. The number of methoxy groups -OCH3 is 1. The summed E-state index contributed by atoms with van der Waals surface area (Å²) in [6.45, 7) is 4.16. The van der Waals surface area contributed by atoms with E-state index < -0.39 is 17.9 Å². The molecule has 1 aromatic carbocycles. The van der Waals surface area contributed by atoms with E-state index in [1.807, 2.05) is 6.92 Å². The second-order valence-electron chi connectivity index (χ2n) is 6.69. The van der Waals surface area contributed by atoms with Crippen molar-refractivity contribution < 1.29 is 29.1 Å². The summed E-state index contributed by atoms with van der Waals surface area (Å²) in [7, 11) is 1.42. The van der Waals surface area contributed by atoms with E-state index in [4.69, 9.17) is 20.4 Å². The molecule has 2 aromatic heterocycles. The number of carboxylic acid groups (broad SMARTS) is 1. The van der Waals surface area contributed by atoms with Crippen LogP contribution in [0.15, 0.2) is 18.2 Å². The van der Waals surface area contributed by atoms with Crippen LogP contribution in [0.1, 0.15) is 33.5 Å². The average molecular weight is 445 g/mol. The summed E-state index contributed by atoms with van der Waals surface area (Å²) in [5, 5.41) is 15.7. The van der Waals surface area contributed by atoms with Crippen molar-refractivity contribution in [3.05, 3.63) is 35.2 Å². The van der Waals surface area contributed by atoms with Gasteiger partial charge in [-0.15, -0.1) is 0 Å². The number of hydrogen-bond acceptors (Lipinski definition) is 7. The molecular weight excluding hydrogens is 422 g/mol. The highest BCUT2D eigenvalue weighted by molar-refractivity contribution is 6.04. The first-order valence-corrected chi connectivity index (χ1v) is 9.59. The lowest BCUT2D eigenvalue weighted by atomic mass is 10.1. The summed E-state index contributed by atoms with van der Waals surface area (Å²) >= 11 is 0. The number of benzene rings is 1. The Labute approximate surface area is 182 Å². The van der Waals surface area contributed by atoms with Gasteiger partial charge in [-0.25, -0.2) is 9.78 Å². The molecule has 13 heteroatoms. The predicted octanol–water partition coefficient (Wildman–Crippen LogP) is 1.12. The molecule has 3 amide bonds. The first-order valence-electron chi connectivity index (χ1n) is 9.59. The molecule has 0 atom stereocenters. The molecule has 0 aliphatic carbocycles. The summed E-state index contributed by atoms with van der Waals surface area (Å²) in [4.78, 5) is 44.6. The zero-order valence-corrected chi connectivity index (χ0v) is 17.7. The maximum absolute atomic E-state index is 12.9. The first-order chi connectivity index (χ1) is 15.2. The Morgan fingerprint density at radius 1 is 1.25 bits per heavy atom. The van der Waals surface area contributed by atoms with Crippen LogP contribution in [0.3, 0.4) is 0 Å². The number of aryl methyl sites for hydroxylation is 2. The van der Waals surface area contributed by atoms with E-state index in [1.165, 1.54) is 19.2 Å². The molecular formula is C19H23N7O6. The number of hydrogen-bond donors (Lipinski definition) is 4. The molecule has 0 unspecified atom stereocenters. The monoisotopic (exact) mass is 445 g/mol. The van der Waals surface area contributed by atoms with Gasteiger partial charge in [0.25, 0.3) is 5.91 Å². The number of anilines is 1. The minimum Gasteiger partial charge on any atom is -0.494 e. The molecule has 32 heavy (non-hydrogen) atoms. The minimum atomic E-state index is -1.35. The lowest BCUT2D eigenvalue weighted by molar-refractivity contribution is 0.0385. The van der Waals surface area contributed by atoms with Crippen molar-refractivity contribution in [1.29, 1.82) is 0 Å². The fourth-order valence-electron chi connectivity index (χ4n) is 3.23. The SMILES string of the molecule is CCn1nc(C)cc1C(=O)Nc1nc2cc(C(N)=O)cc(OC)c2n1CCONC(=O)O. The van der Waals surface area contributed by atoms with Gasteiger partial charge in [0.1, 0.15) is 17.0 Å². The molecule has 3 rings (SSSR count). The molecule has 0 saturated heterocycles. The molecule has 2 heterocycles. The molecule has 5 N–H and O–H groups in total. The number of carbonyl (C=O) groups excluding carboxylic acids is 2. The van der Waals surface area contributed by atoms with Crippen LogP contribution in [0.25, 0.3) is 11.0 Å². The third kappa shape index (κ3) is 4.62. The number of rotatable bonds is 9. The molecule has 0 aliphatic rings. The molecule has 0 radical (unpaired) electrons. The zero-order valence-electron chi connectivity index (χ0n) is 17.7. The Bertz CT molecular complexity index is 1180. The van der Waals surface area contributed by atoms with E-state index in [-0.39, 0.29) is 24.7 Å². The molecule has 0 spiro atoms. The number of hydroxylamine groups is 1. The second kappa shape index (κ2) is 9.34. The number of fused-ring (bicyclic) bond motifs is 1. The molecule has 0 bridgehead atoms. The smallest absolute Gasteiger partial charge is 0.428 e. The van der Waals surface area contributed by atoms with E-state index in [1.54, 1.807) is 27.7 Å². The van der Waals surface area contributed by atoms with E-state index >= 15 is 0 Å². The summed E-state index contributed by atoms with van der Waals surface area (Å²) in [6, 6.07) is 4.58. The van der Waals surface area contributed by atoms with Crippen molar-refractivity contribution in [2.45, 2.75) is 26.9 Å². The van der Waals surface area contributed by atoms with Crippen molar-refractivity contribution in [3.8, 4) is 5.75 Å². The second-order valence-corrected chi connectivity index (χ2v) is 6.69. The van der Waals surface area contributed by atoms with Crippen LogP contribution in [0.5, 0.6) is 5.75 Å². The van der Waals surface area contributed by atoms with Gasteiger partial charge in [0.2, 0.25) is 11.9 Å². The lowest BCUT2D eigenvalue weighted by Crippen LogP contribution is -2.24. The summed E-state index contributed by atoms with van der Waals surface area (Å²) in [5.74, 6) is -0.667. The van der Waals surface area contributed by atoms with Gasteiger partial charge in [-0.3, -0.25) is 24.4 Å². The third-order valence-corrected chi connectivity index (χ3v) is 4.55. The number of aromatic nitrogens is 4. The van der Waals surface area contributed by atoms with Gasteiger partial charge in [0.15, 0.2) is 0 Å². The number of nitrogens with zero attached hydrogens (tertiary/aromatic N) is 4. The normalized spacial score (nSPS) is 10.8. The van der Waals surface area contributed by atoms with Gasteiger partial charge in [0.05, 0.1) is 31.5 Å². The van der Waals surface area contributed by atoms with Gasteiger partial charge in [-0.05, 0) is 32.0 Å². The zero-order chi connectivity index (χ0) is 23.4. The van der Waals surface area contributed by atoms with Crippen LogP contribution in [-0.4, -0.2) is 56.1 Å². The van der Waals surface area contributed by atoms with Crippen molar-refractivity contribution in [2.24, 2.45) is 5.73 Å². The largest absolute Gasteiger partial charge is 0.494 e. The van der Waals surface area contributed by atoms with Crippen LogP contribution >= 0.6 is 0 Å². The number of primary amides is 1. The Balaban J connectivity index is 2.04. The number of ether oxygens (including phenoxy) is 1. The number of carbonyl (C=O) groups is 3. The Morgan fingerprint density at radius 2 is 2.00 bits per heavy atom. The maximum atomic E-state index is 12.9. The van der Waals surface area contributed by atoms with Gasteiger partial charge in [0, 0.05) is 12.1 Å². The first kappa shape index (κ1) is 22.6. The molecule has 0 aliphatic heterocycles. The summed E-state index contributed by atoms with van der Waals surface area (Å²) < 4.78 is 8.54. The summed E-state index contributed by atoms with van der Waals surface area (Å²) in [5.41, 5.74) is 9.23. The Kier molecular flexibility index (Phi) is 6.59. The van der Waals surface area contributed by atoms with Crippen molar-refractivity contribution in [2.75, 3.05) is 19.0 Å². The van der Waals surface area contributed by atoms with Gasteiger partial charge < -0.3 is 20.1 Å². The highest BCUT2D eigenvalue weighted by atomic mass is 16.7. The van der Waals surface area contributed by atoms with Crippen LogP contribution in [0.2, 0.25) is 0 Å². The number of nitrogens with one attached hydrogen (secondary N) is 2. The van der Waals surface area contributed by atoms with E-state index in [2.05, 4.69) is 15.4 Å². The number of nitrogens with two attached hydrogens (primary N) is 1. The van der Waals surface area contributed by atoms with Gasteiger partial charge in [-0.1, -0.05) is 0 Å². The van der Waals surface area contributed by atoms with Crippen LogP contribution in [0, 0.1) is 6.92 Å². The molecule has 0 fully saturated rings. The van der Waals surface area contributed by atoms with E-state index in [0.717, 1.165) is 0 Å². The topological polar surface area (TPSA) is 176 Å². The third-order valence-electron chi connectivity index (χ3n) is 4.55. The van der Waals surface area contributed by atoms with Crippen molar-refractivity contribution in [3.63, 3.8) is 0 Å². The van der Waals surface area contributed by atoms with Gasteiger partial charge in [-0.2, -0.15) is 10.6 Å². The number of amides is 3. The Hall–Kier alpha value is -4.13. The average Bonchev–Trinajstić information content (AvgIpc) is 3.29. The van der Waals surface area contributed by atoms with Gasteiger partial charge >= 0.3 is 6.09 Å².